The quantitative estimate of drug-likeness (QED) is 0.684. The normalized spacial score (nSPS) is 24.9. The van der Waals surface area contributed by atoms with Gasteiger partial charge in [-0.3, -0.25) is 9.69 Å². The molecule has 2 aliphatic heterocycles. The first-order valence-electron chi connectivity index (χ1n) is 6.40. The minimum atomic E-state index is -0.784. The van der Waals surface area contributed by atoms with Crippen LogP contribution in [0.1, 0.15) is 0 Å². The lowest BCUT2D eigenvalue weighted by Gasteiger charge is -2.14. The van der Waals surface area contributed by atoms with Crippen molar-refractivity contribution in [1.82, 2.24) is 4.90 Å². The van der Waals surface area contributed by atoms with E-state index in [9.17, 15) is 15.0 Å². The third-order valence-electron chi connectivity index (χ3n) is 3.36. The van der Waals surface area contributed by atoms with Crippen LogP contribution in [0.15, 0.2) is 18.2 Å². The molecule has 0 bridgehead atoms. The van der Waals surface area contributed by atoms with Gasteiger partial charge in [-0.15, -0.1) is 0 Å². The predicted molar refractivity (Wildman–Crippen MR) is 69.6 cm³/mol. The number of β-amino-alcohol motifs (C(OH)–C–C–N with tert-alkyl or cyclic N) is 2. The van der Waals surface area contributed by atoms with E-state index in [0.717, 1.165) is 0 Å². The molecule has 1 amide bonds. The first kappa shape index (κ1) is 13.2. The smallest absolute Gasteiger partial charge is 0.238 e. The molecule has 0 saturated carbocycles. The van der Waals surface area contributed by atoms with E-state index in [0.29, 0.717) is 30.3 Å². The third kappa shape index (κ3) is 2.69. The SMILES string of the molecule is O=C(CN1C[C@@H](O)[C@@H](O)C1)Nc1ccc2c(c1)OCO2. The second-order valence-electron chi connectivity index (χ2n) is 4.94. The van der Waals surface area contributed by atoms with Crippen LogP contribution in [-0.4, -0.2) is 59.7 Å². The van der Waals surface area contributed by atoms with Crippen LogP contribution in [0.25, 0.3) is 0 Å². The van der Waals surface area contributed by atoms with Gasteiger partial charge in [-0.1, -0.05) is 0 Å². The Bertz CT molecular complexity index is 511. The van der Waals surface area contributed by atoms with Crippen LogP contribution >= 0.6 is 0 Å². The summed E-state index contributed by atoms with van der Waals surface area (Å²) in [6.07, 6.45) is -1.57. The summed E-state index contributed by atoms with van der Waals surface area (Å²) < 4.78 is 10.4. The number of carbonyl (C=O) groups is 1. The first-order valence-corrected chi connectivity index (χ1v) is 6.40. The summed E-state index contributed by atoms with van der Waals surface area (Å²) in [6.45, 7) is 0.921. The van der Waals surface area contributed by atoms with Gasteiger partial charge in [0.1, 0.15) is 0 Å². The van der Waals surface area contributed by atoms with E-state index in [4.69, 9.17) is 9.47 Å². The Morgan fingerprint density at radius 2 is 1.95 bits per heavy atom. The van der Waals surface area contributed by atoms with Crippen molar-refractivity contribution >= 4 is 11.6 Å². The van der Waals surface area contributed by atoms with Crippen molar-refractivity contribution in [2.75, 3.05) is 31.7 Å². The number of ether oxygens (including phenoxy) is 2. The number of aliphatic hydroxyl groups is 2. The molecule has 7 heteroatoms. The summed E-state index contributed by atoms with van der Waals surface area (Å²) in [5.74, 6) is 1.06. The monoisotopic (exact) mass is 280 g/mol. The molecule has 0 aliphatic carbocycles. The van der Waals surface area contributed by atoms with Crippen molar-refractivity contribution in [3.8, 4) is 11.5 Å². The molecule has 2 aliphatic rings. The number of fused-ring (bicyclic) bond motifs is 1. The topological polar surface area (TPSA) is 91.3 Å². The fourth-order valence-corrected chi connectivity index (χ4v) is 2.35. The number of nitrogens with one attached hydrogen (secondary N) is 1. The Labute approximate surface area is 115 Å². The number of nitrogens with zero attached hydrogens (tertiary/aromatic N) is 1. The highest BCUT2D eigenvalue weighted by molar-refractivity contribution is 5.92. The van der Waals surface area contributed by atoms with Crippen LogP contribution in [0.2, 0.25) is 0 Å². The number of aliphatic hydroxyl groups excluding tert-OH is 2. The zero-order valence-corrected chi connectivity index (χ0v) is 10.8. The van der Waals surface area contributed by atoms with Gasteiger partial charge >= 0.3 is 0 Å². The van der Waals surface area contributed by atoms with Crippen LogP contribution < -0.4 is 14.8 Å². The molecule has 2 atom stereocenters. The lowest BCUT2D eigenvalue weighted by molar-refractivity contribution is -0.117. The Hall–Kier alpha value is -1.83. The van der Waals surface area contributed by atoms with Crippen molar-refractivity contribution in [2.24, 2.45) is 0 Å². The summed E-state index contributed by atoms with van der Waals surface area (Å²) in [6, 6.07) is 5.17. The van der Waals surface area contributed by atoms with Crippen molar-refractivity contribution in [3.63, 3.8) is 0 Å². The Kier molecular flexibility index (Phi) is 3.47. The molecule has 3 rings (SSSR count). The number of likely N-dealkylation sites (tertiary alicyclic amines) is 1. The largest absolute Gasteiger partial charge is 0.454 e. The zero-order valence-electron chi connectivity index (χ0n) is 10.8. The summed E-state index contributed by atoms with van der Waals surface area (Å²) in [5, 5.41) is 21.6. The van der Waals surface area contributed by atoms with Crippen molar-refractivity contribution in [1.29, 1.82) is 0 Å². The third-order valence-corrected chi connectivity index (χ3v) is 3.36. The number of anilines is 1. The summed E-state index contributed by atoms with van der Waals surface area (Å²) in [7, 11) is 0. The maximum absolute atomic E-state index is 11.9. The fourth-order valence-electron chi connectivity index (χ4n) is 2.35. The molecule has 2 heterocycles. The number of rotatable bonds is 3. The Morgan fingerprint density at radius 3 is 2.70 bits per heavy atom. The van der Waals surface area contributed by atoms with Gasteiger partial charge in [-0.2, -0.15) is 0 Å². The second kappa shape index (κ2) is 5.28. The highest BCUT2D eigenvalue weighted by Crippen LogP contribution is 2.34. The van der Waals surface area contributed by atoms with Crippen molar-refractivity contribution in [2.45, 2.75) is 12.2 Å². The molecule has 1 aromatic rings. The van der Waals surface area contributed by atoms with Gasteiger partial charge in [-0.05, 0) is 12.1 Å². The van der Waals surface area contributed by atoms with Crippen molar-refractivity contribution in [3.05, 3.63) is 18.2 Å². The van der Waals surface area contributed by atoms with Crippen LogP contribution in [0.5, 0.6) is 11.5 Å². The molecule has 1 saturated heterocycles. The molecular weight excluding hydrogens is 264 g/mol. The number of hydrogen-bond donors (Lipinski definition) is 3. The predicted octanol–water partition coefficient (Wildman–Crippen LogP) is -0.609. The van der Waals surface area contributed by atoms with Gasteiger partial charge in [-0.25, -0.2) is 0 Å². The lowest BCUT2D eigenvalue weighted by atomic mass is 10.2. The maximum Gasteiger partial charge on any atom is 0.238 e. The Balaban J connectivity index is 1.57. The van der Waals surface area contributed by atoms with Gasteiger partial charge in [0.05, 0.1) is 18.8 Å². The van der Waals surface area contributed by atoms with E-state index in [1.165, 1.54) is 0 Å². The van der Waals surface area contributed by atoms with E-state index >= 15 is 0 Å². The molecule has 0 unspecified atom stereocenters. The van der Waals surface area contributed by atoms with E-state index in [1.54, 1.807) is 23.1 Å². The summed E-state index contributed by atoms with van der Waals surface area (Å²) in [4.78, 5) is 13.6. The molecule has 0 radical (unpaired) electrons. The highest BCUT2D eigenvalue weighted by Gasteiger charge is 2.30. The molecule has 1 fully saturated rings. The van der Waals surface area contributed by atoms with Gasteiger partial charge in [0.25, 0.3) is 0 Å². The highest BCUT2D eigenvalue weighted by atomic mass is 16.7. The van der Waals surface area contributed by atoms with E-state index in [-0.39, 0.29) is 19.2 Å². The standard InChI is InChI=1S/C13H16N2O5/c16-9-4-15(5-10(9)17)6-13(18)14-8-1-2-11-12(3-8)20-7-19-11/h1-3,9-10,16-17H,4-7H2,(H,14,18)/t9-,10+. The molecule has 1 aromatic carbocycles. The Morgan fingerprint density at radius 1 is 1.25 bits per heavy atom. The van der Waals surface area contributed by atoms with Crippen LogP contribution in [0.3, 0.4) is 0 Å². The summed E-state index contributed by atoms with van der Waals surface area (Å²) >= 11 is 0. The molecular formula is C13H16N2O5. The van der Waals surface area contributed by atoms with Crippen LogP contribution in [0.4, 0.5) is 5.69 Å². The minimum absolute atomic E-state index is 0.128. The van der Waals surface area contributed by atoms with E-state index in [1.807, 2.05) is 0 Å². The second-order valence-corrected chi connectivity index (χ2v) is 4.94. The van der Waals surface area contributed by atoms with E-state index in [2.05, 4.69) is 5.32 Å². The van der Waals surface area contributed by atoms with Gasteiger partial charge in [0.15, 0.2) is 11.5 Å². The van der Waals surface area contributed by atoms with E-state index < -0.39 is 12.2 Å². The van der Waals surface area contributed by atoms with Gasteiger partial charge in [0.2, 0.25) is 12.7 Å². The molecule has 3 N–H and O–H groups in total. The number of amides is 1. The minimum Gasteiger partial charge on any atom is -0.454 e. The molecule has 7 nitrogen and oxygen atoms in total. The van der Waals surface area contributed by atoms with Crippen LogP contribution in [0, 0.1) is 0 Å². The molecule has 108 valence electrons. The van der Waals surface area contributed by atoms with Crippen LogP contribution in [-0.2, 0) is 4.79 Å². The number of benzene rings is 1. The van der Waals surface area contributed by atoms with Gasteiger partial charge in [0, 0.05) is 24.8 Å². The molecule has 0 spiro atoms. The zero-order chi connectivity index (χ0) is 14.1. The number of carbonyl (C=O) groups excluding carboxylic acids is 1. The molecule has 0 aromatic heterocycles. The first-order chi connectivity index (χ1) is 9.61. The molecule has 20 heavy (non-hydrogen) atoms. The summed E-state index contributed by atoms with van der Waals surface area (Å²) in [5.41, 5.74) is 0.625. The average Bonchev–Trinajstić information content (AvgIpc) is 2.96. The average molecular weight is 280 g/mol. The van der Waals surface area contributed by atoms with Gasteiger partial charge < -0.3 is 25.0 Å². The maximum atomic E-state index is 11.9. The lowest BCUT2D eigenvalue weighted by Crippen LogP contribution is -2.32. The fraction of sp³-hybridized carbons (Fsp3) is 0.462. The van der Waals surface area contributed by atoms with Crippen molar-refractivity contribution < 1.29 is 24.5 Å². The number of hydrogen-bond acceptors (Lipinski definition) is 6.